The highest BCUT2D eigenvalue weighted by Crippen LogP contribution is 2.28. The lowest BCUT2D eigenvalue weighted by Crippen LogP contribution is -2.33. The molecular formula is C19H18F4N6O2. The molecule has 3 rings (SSSR count). The summed E-state index contributed by atoms with van der Waals surface area (Å²) in [6.07, 6.45) is -3.22. The Balaban J connectivity index is 1.76. The van der Waals surface area contributed by atoms with Crippen molar-refractivity contribution in [1.82, 2.24) is 25.4 Å². The topological polar surface area (TPSA) is 101 Å². The zero-order valence-electron chi connectivity index (χ0n) is 16.3. The molecule has 0 aliphatic rings. The Kier molecular flexibility index (Phi) is 6.49. The number of hydrogen-bond acceptors (Lipinski definition) is 5. The summed E-state index contributed by atoms with van der Waals surface area (Å²) in [5, 5.41) is 12.3. The number of alkyl halides is 3. The van der Waals surface area contributed by atoms with Gasteiger partial charge in [0.1, 0.15) is 23.7 Å². The minimum Gasteiger partial charge on any atom is -0.353 e. The number of pyridine rings is 1. The zero-order chi connectivity index (χ0) is 22.6. The molecule has 0 fully saturated rings. The second kappa shape index (κ2) is 9.08. The van der Waals surface area contributed by atoms with Gasteiger partial charge in [0, 0.05) is 30.7 Å². The Bertz CT molecular complexity index is 1110. The fourth-order valence-electron chi connectivity index (χ4n) is 2.71. The van der Waals surface area contributed by atoms with Crippen LogP contribution in [0.4, 0.5) is 23.2 Å². The molecule has 3 N–H and O–H groups in total. The highest BCUT2D eigenvalue weighted by Gasteiger charge is 2.33. The van der Waals surface area contributed by atoms with Crippen LogP contribution in [0.2, 0.25) is 0 Å². The lowest BCUT2D eigenvalue weighted by molar-refractivity contribution is -0.141. The highest BCUT2D eigenvalue weighted by atomic mass is 19.4. The molecule has 0 saturated carbocycles. The summed E-state index contributed by atoms with van der Waals surface area (Å²) < 4.78 is 54.1. The lowest BCUT2D eigenvalue weighted by Gasteiger charge is -2.09. The number of fused-ring (bicyclic) bond motifs is 1. The van der Waals surface area contributed by atoms with Crippen molar-refractivity contribution in [3.63, 3.8) is 0 Å². The maximum atomic E-state index is 14.4. The summed E-state index contributed by atoms with van der Waals surface area (Å²) in [7, 11) is 1.75. The Labute approximate surface area is 173 Å². The predicted molar refractivity (Wildman–Crippen MR) is 104 cm³/mol. The van der Waals surface area contributed by atoms with E-state index in [2.05, 4.69) is 26.0 Å². The molecule has 0 aliphatic carbocycles. The average Bonchev–Trinajstić information content (AvgIpc) is 3.08. The summed E-state index contributed by atoms with van der Waals surface area (Å²) in [4.78, 5) is 27.4. The highest BCUT2D eigenvalue weighted by molar-refractivity contribution is 6.04. The van der Waals surface area contributed by atoms with Crippen LogP contribution in [0.3, 0.4) is 0 Å². The van der Waals surface area contributed by atoms with Crippen molar-refractivity contribution in [3.05, 3.63) is 53.7 Å². The molecule has 1 aromatic carbocycles. The van der Waals surface area contributed by atoms with E-state index < -0.39 is 29.3 Å². The summed E-state index contributed by atoms with van der Waals surface area (Å²) >= 11 is 0. The molecule has 31 heavy (non-hydrogen) atoms. The van der Waals surface area contributed by atoms with Crippen molar-refractivity contribution in [3.8, 4) is 0 Å². The van der Waals surface area contributed by atoms with Crippen molar-refractivity contribution in [2.45, 2.75) is 12.7 Å². The average molecular weight is 438 g/mol. The fourth-order valence-corrected chi connectivity index (χ4v) is 2.71. The Morgan fingerprint density at radius 2 is 1.94 bits per heavy atom. The van der Waals surface area contributed by atoms with E-state index in [4.69, 9.17) is 0 Å². The third-order valence-electron chi connectivity index (χ3n) is 4.16. The van der Waals surface area contributed by atoms with Gasteiger partial charge in [-0.05, 0) is 25.2 Å². The van der Waals surface area contributed by atoms with E-state index in [0.717, 1.165) is 24.3 Å². The molecule has 0 spiro atoms. The van der Waals surface area contributed by atoms with E-state index in [0.29, 0.717) is 18.5 Å². The van der Waals surface area contributed by atoms with E-state index in [-0.39, 0.29) is 23.7 Å². The van der Waals surface area contributed by atoms with Crippen LogP contribution < -0.4 is 16.0 Å². The molecule has 2 aromatic heterocycles. The van der Waals surface area contributed by atoms with Crippen LogP contribution >= 0.6 is 0 Å². The summed E-state index contributed by atoms with van der Waals surface area (Å²) in [5.74, 6) is -2.12. The minimum absolute atomic E-state index is 0.0874. The Hall–Kier alpha value is -3.54. The summed E-state index contributed by atoms with van der Waals surface area (Å²) in [6, 6.07) is 5.19. The van der Waals surface area contributed by atoms with Crippen molar-refractivity contribution in [2.75, 3.05) is 25.5 Å². The minimum atomic E-state index is -4.71. The van der Waals surface area contributed by atoms with Gasteiger partial charge in [-0.15, -0.1) is 0 Å². The van der Waals surface area contributed by atoms with Gasteiger partial charge in [-0.25, -0.2) is 9.37 Å². The van der Waals surface area contributed by atoms with E-state index in [1.54, 1.807) is 7.05 Å². The number of amides is 2. The molecular weight excluding hydrogens is 420 g/mol. The van der Waals surface area contributed by atoms with Crippen molar-refractivity contribution in [1.29, 1.82) is 0 Å². The van der Waals surface area contributed by atoms with Crippen molar-refractivity contribution in [2.24, 2.45) is 0 Å². The van der Waals surface area contributed by atoms with Gasteiger partial charge in [0.05, 0.1) is 11.2 Å². The first kappa shape index (κ1) is 22.2. The van der Waals surface area contributed by atoms with Gasteiger partial charge in [-0.2, -0.15) is 18.3 Å². The molecule has 0 unspecified atom stereocenters. The van der Waals surface area contributed by atoms with Crippen LogP contribution in [0.1, 0.15) is 16.2 Å². The number of hydrogen-bond donors (Lipinski definition) is 3. The van der Waals surface area contributed by atoms with Gasteiger partial charge in [-0.3, -0.25) is 14.3 Å². The van der Waals surface area contributed by atoms with Crippen LogP contribution in [-0.4, -0.2) is 46.7 Å². The molecule has 0 bridgehead atoms. The van der Waals surface area contributed by atoms with Crippen LogP contribution in [-0.2, 0) is 17.5 Å². The molecule has 3 aromatic rings. The molecule has 164 valence electrons. The van der Waals surface area contributed by atoms with Gasteiger partial charge >= 0.3 is 6.18 Å². The van der Waals surface area contributed by atoms with Gasteiger partial charge in [0.2, 0.25) is 5.91 Å². The SMILES string of the molecule is CNCCNC(=O)Cn1cc2cc(NC(=O)c3cccc(C(F)(F)F)n3)c(F)cc2n1. The number of likely N-dealkylation sites (N-methyl/N-ethyl adjacent to an activating group) is 1. The number of anilines is 1. The van der Waals surface area contributed by atoms with Crippen LogP contribution in [0, 0.1) is 5.82 Å². The first-order chi connectivity index (χ1) is 14.7. The summed E-state index contributed by atoms with van der Waals surface area (Å²) in [5.41, 5.74) is -1.75. The Morgan fingerprint density at radius 1 is 1.16 bits per heavy atom. The second-order valence-corrected chi connectivity index (χ2v) is 6.53. The van der Waals surface area contributed by atoms with E-state index in [9.17, 15) is 27.2 Å². The maximum Gasteiger partial charge on any atom is 0.433 e. The third-order valence-corrected chi connectivity index (χ3v) is 4.16. The maximum absolute atomic E-state index is 14.4. The quantitative estimate of drug-likeness (QED) is 0.388. The fraction of sp³-hybridized carbons (Fsp3) is 0.263. The van der Waals surface area contributed by atoms with Crippen molar-refractivity contribution < 1.29 is 27.2 Å². The number of benzene rings is 1. The molecule has 2 amide bonds. The number of nitrogens with zero attached hydrogens (tertiary/aromatic N) is 3. The van der Waals surface area contributed by atoms with Crippen molar-refractivity contribution >= 4 is 28.4 Å². The van der Waals surface area contributed by atoms with Gasteiger partial charge in [0.25, 0.3) is 5.91 Å². The van der Waals surface area contributed by atoms with Crippen LogP contribution in [0.15, 0.2) is 36.5 Å². The zero-order valence-corrected chi connectivity index (χ0v) is 16.3. The van der Waals surface area contributed by atoms with Crippen LogP contribution in [0.5, 0.6) is 0 Å². The number of carbonyl (C=O) groups is 2. The number of carbonyl (C=O) groups excluding carboxylic acids is 2. The molecule has 12 heteroatoms. The number of rotatable bonds is 7. The molecule has 0 atom stereocenters. The van der Waals surface area contributed by atoms with Gasteiger partial charge < -0.3 is 16.0 Å². The smallest absolute Gasteiger partial charge is 0.353 e. The number of nitrogens with one attached hydrogen (secondary N) is 3. The first-order valence-corrected chi connectivity index (χ1v) is 9.11. The largest absolute Gasteiger partial charge is 0.433 e. The normalized spacial score (nSPS) is 11.5. The third kappa shape index (κ3) is 5.54. The molecule has 0 radical (unpaired) electrons. The monoisotopic (exact) mass is 438 g/mol. The summed E-state index contributed by atoms with van der Waals surface area (Å²) in [6.45, 7) is 0.947. The standard InChI is InChI=1S/C19H18F4N6O2/c1-24-5-6-25-17(30)10-29-9-11-7-15(12(20)8-14(11)28-29)27-18(31)13-3-2-4-16(26-13)19(21,22)23/h2-4,7-9,24H,5-6,10H2,1H3,(H,25,30)(H,27,31). The van der Waals surface area contributed by atoms with Crippen LogP contribution in [0.25, 0.3) is 10.9 Å². The molecule has 8 nitrogen and oxygen atoms in total. The molecule has 0 aliphatic heterocycles. The van der Waals surface area contributed by atoms with Gasteiger partial charge in [-0.1, -0.05) is 6.07 Å². The predicted octanol–water partition coefficient (Wildman–Crippen LogP) is 2.18. The van der Waals surface area contributed by atoms with E-state index in [1.165, 1.54) is 16.9 Å². The van der Waals surface area contributed by atoms with Gasteiger partial charge in [0.15, 0.2) is 0 Å². The molecule has 0 saturated heterocycles. The van der Waals surface area contributed by atoms with E-state index in [1.807, 2.05) is 0 Å². The first-order valence-electron chi connectivity index (χ1n) is 9.11. The number of halogens is 4. The van der Waals surface area contributed by atoms with E-state index >= 15 is 0 Å². The Morgan fingerprint density at radius 3 is 2.65 bits per heavy atom. The number of aromatic nitrogens is 3. The second-order valence-electron chi connectivity index (χ2n) is 6.53. The lowest BCUT2D eigenvalue weighted by atomic mass is 10.2. The molecule has 2 heterocycles.